The SMILES string of the molecule is CS(=O)(=O)c1ccc(Oc2ccc(F)cc2Br)c(N)c1. The molecule has 2 rings (SSSR count). The lowest BCUT2D eigenvalue weighted by molar-refractivity contribution is 0.479. The number of sulfone groups is 1. The molecule has 2 aromatic rings. The monoisotopic (exact) mass is 359 g/mol. The Morgan fingerprint density at radius 2 is 1.80 bits per heavy atom. The Kier molecular flexibility index (Phi) is 4.01. The molecule has 0 atom stereocenters. The molecule has 106 valence electrons. The Bertz CT molecular complexity index is 762. The van der Waals surface area contributed by atoms with Crippen molar-refractivity contribution in [2.45, 2.75) is 4.90 Å². The van der Waals surface area contributed by atoms with Gasteiger partial charge in [-0.1, -0.05) is 0 Å². The van der Waals surface area contributed by atoms with E-state index in [0.717, 1.165) is 6.26 Å². The number of anilines is 1. The molecular weight excluding hydrogens is 349 g/mol. The first-order chi connectivity index (χ1) is 9.27. The number of benzene rings is 2. The normalized spacial score (nSPS) is 11.3. The number of hydrogen-bond acceptors (Lipinski definition) is 4. The molecule has 20 heavy (non-hydrogen) atoms. The zero-order valence-electron chi connectivity index (χ0n) is 10.4. The van der Waals surface area contributed by atoms with Crippen molar-refractivity contribution in [1.29, 1.82) is 0 Å². The van der Waals surface area contributed by atoms with E-state index in [4.69, 9.17) is 10.5 Å². The fourth-order valence-corrected chi connectivity index (χ4v) is 2.61. The van der Waals surface area contributed by atoms with Gasteiger partial charge < -0.3 is 10.5 Å². The lowest BCUT2D eigenvalue weighted by atomic mass is 10.3. The fourth-order valence-electron chi connectivity index (χ4n) is 1.53. The predicted octanol–water partition coefficient (Wildman–Crippen LogP) is 3.37. The second-order valence-corrected chi connectivity index (χ2v) is 7.02. The molecule has 0 heterocycles. The molecule has 0 unspecified atom stereocenters. The Morgan fingerprint density at radius 3 is 2.35 bits per heavy atom. The number of hydrogen-bond donors (Lipinski definition) is 1. The average Bonchev–Trinajstić information content (AvgIpc) is 2.33. The maximum absolute atomic E-state index is 13.0. The Hall–Kier alpha value is -1.60. The van der Waals surface area contributed by atoms with Gasteiger partial charge in [0.2, 0.25) is 0 Å². The fraction of sp³-hybridized carbons (Fsp3) is 0.0769. The first-order valence-electron chi connectivity index (χ1n) is 5.50. The second-order valence-electron chi connectivity index (χ2n) is 4.15. The highest BCUT2D eigenvalue weighted by atomic mass is 79.9. The summed E-state index contributed by atoms with van der Waals surface area (Å²) in [6.45, 7) is 0. The van der Waals surface area contributed by atoms with Crippen LogP contribution in [0.3, 0.4) is 0 Å². The maximum Gasteiger partial charge on any atom is 0.175 e. The highest BCUT2D eigenvalue weighted by Crippen LogP contribution is 2.34. The third-order valence-corrected chi connectivity index (χ3v) is 4.25. The Morgan fingerprint density at radius 1 is 1.15 bits per heavy atom. The van der Waals surface area contributed by atoms with Gasteiger partial charge in [0.15, 0.2) is 9.84 Å². The van der Waals surface area contributed by atoms with Crippen LogP contribution in [-0.2, 0) is 9.84 Å². The number of halogens is 2. The van der Waals surface area contributed by atoms with Crippen LogP contribution in [0.15, 0.2) is 45.8 Å². The number of nitrogen functional groups attached to an aromatic ring is 1. The summed E-state index contributed by atoms with van der Waals surface area (Å²) >= 11 is 3.17. The summed E-state index contributed by atoms with van der Waals surface area (Å²) in [6, 6.07) is 8.14. The zero-order valence-corrected chi connectivity index (χ0v) is 12.8. The van der Waals surface area contributed by atoms with E-state index in [1.54, 1.807) is 0 Å². The van der Waals surface area contributed by atoms with Gasteiger partial charge in [-0.15, -0.1) is 0 Å². The van der Waals surface area contributed by atoms with Crippen LogP contribution in [0.25, 0.3) is 0 Å². The molecule has 4 nitrogen and oxygen atoms in total. The van der Waals surface area contributed by atoms with E-state index in [1.165, 1.54) is 36.4 Å². The van der Waals surface area contributed by atoms with Crippen LogP contribution >= 0.6 is 15.9 Å². The smallest absolute Gasteiger partial charge is 0.175 e. The number of ether oxygens (including phenoxy) is 1. The molecule has 0 saturated heterocycles. The van der Waals surface area contributed by atoms with Crippen LogP contribution in [0.4, 0.5) is 10.1 Å². The van der Waals surface area contributed by atoms with Crippen LogP contribution in [0, 0.1) is 5.82 Å². The number of rotatable bonds is 3. The molecule has 2 N–H and O–H groups in total. The van der Waals surface area contributed by atoms with Crippen molar-refractivity contribution >= 4 is 31.5 Å². The van der Waals surface area contributed by atoms with Crippen molar-refractivity contribution in [2.24, 2.45) is 0 Å². The van der Waals surface area contributed by atoms with E-state index in [0.29, 0.717) is 16.0 Å². The molecule has 0 aliphatic rings. The van der Waals surface area contributed by atoms with E-state index in [1.807, 2.05) is 0 Å². The summed E-state index contributed by atoms with van der Waals surface area (Å²) < 4.78 is 41.7. The molecule has 0 spiro atoms. The Labute approximate surface area is 124 Å². The summed E-state index contributed by atoms with van der Waals surface area (Å²) in [4.78, 5) is 0.112. The molecule has 2 aromatic carbocycles. The molecule has 0 radical (unpaired) electrons. The van der Waals surface area contributed by atoms with Gasteiger partial charge >= 0.3 is 0 Å². The molecule has 0 aromatic heterocycles. The van der Waals surface area contributed by atoms with Gasteiger partial charge in [-0.2, -0.15) is 0 Å². The predicted molar refractivity (Wildman–Crippen MR) is 78.1 cm³/mol. The van der Waals surface area contributed by atoms with Crippen molar-refractivity contribution in [1.82, 2.24) is 0 Å². The molecular formula is C13H11BrFNO3S. The van der Waals surface area contributed by atoms with E-state index >= 15 is 0 Å². The van der Waals surface area contributed by atoms with Crippen molar-refractivity contribution < 1.29 is 17.5 Å². The largest absolute Gasteiger partial charge is 0.454 e. The van der Waals surface area contributed by atoms with Crippen molar-refractivity contribution in [2.75, 3.05) is 12.0 Å². The Balaban J connectivity index is 2.35. The summed E-state index contributed by atoms with van der Waals surface area (Å²) in [5, 5.41) is 0. The third-order valence-electron chi connectivity index (χ3n) is 2.52. The van der Waals surface area contributed by atoms with E-state index in [-0.39, 0.29) is 10.6 Å². The van der Waals surface area contributed by atoms with E-state index in [2.05, 4.69) is 15.9 Å². The van der Waals surface area contributed by atoms with E-state index in [9.17, 15) is 12.8 Å². The molecule has 0 bridgehead atoms. The van der Waals surface area contributed by atoms with Gasteiger partial charge in [0, 0.05) is 6.26 Å². The van der Waals surface area contributed by atoms with Gasteiger partial charge in [-0.3, -0.25) is 0 Å². The summed E-state index contributed by atoms with van der Waals surface area (Å²) in [7, 11) is -3.32. The van der Waals surface area contributed by atoms with Crippen LogP contribution < -0.4 is 10.5 Å². The first kappa shape index (κ1) is 14.8. The summed E-state index contributed by atoms with van der Waals surface area (Å²) in [5.41, 5.74) is 5.95. The average molecular weight is 360 g/mol. The number of nitrogens with two attached hydrogens (primary N) is 1. The summed E-state index contributed by atoms with van der Waals surface area (Å²) in [6.07, 6.45) is 1.10. The highest BCUT2D eigenvalue weighted by molar-refractivity contribution is 9.10. The van der Waals surface area contributed by atoms with Crippen LogP contribution in [0.1, 0.15) is 0 Å². The van der Waals surface area contributed by atoms with Crippen molar-refractivity contribution in [3.63, 3.8) is 0 Å². The lowest BCUT2D eigenvalue weighted by Crippen LogP contribution is -2.00. The quantitative estimate of drug-likeness (QED) is 0.853. The van der Waals surface area contributed by atoms with Crippen molar-refractivity contribution in [3.8, 4) is 11.5 Å². The van der Waals surface area contributed by atoms with Crippen LogP contribution in [-0.4, -0.2) is 14.7 Å². The van der Waals surface area contributed by atoms with Gasteiger partial charge in [0.05, 0.1) is 15.1 Å². The molecule has 0 aliphatic heterocycles. The first-order valence-corrected chi connectivity index (χ1v) is 8.18. The molecule has 7 heteroatoms. The van der Waals surface area contributed by atoms with Gasteiger partial charge in [-0.05, 0) is 52.3 Å². The molecule has 0 saturated carbocycles. The minimum atomic E-state index is -3.32. The van der Waals surface area contributed by atoms with Crippen LogP contribution in [0.5, 0.6) is 11.5 Å². The molecule has 0 amide bonds. The topological polar surface area (TPSA) is 69.4 Å². The minimum Gasteiger partial charge on any atom is -0.454 e. The zero-order chi connectivity index (χ0) is 14.9. The second kappa shape index (κ2) is 5.41. The minimum absolute atomic E-state index is 0.112. The third kappa shape index (κ3) is 3.29. The van der Waals surface area contributed by atoms with Gasteiger partial charge in [0.25, 0.3) is 0 Å². The van der Waals surface area contributed by atoms with E-state index < -0.39 is 15.7 Å². The van der Waals surface area contributed by atoms with Crippen LogP contribution in [0.2, 0.25) is 0 Å². The standard InChI is InChI=1S/C13H11BrFNO3S/c1-20(17,18)9-3-5-13(11(16)7-9)19-12-4-2-8(15)6-10(12)14/h2-7H,16H2,1H3. The highest BCUT2D eigenvalue weighted by Gasteiger charge is 2.12. The van der Waals surface area contributed by atoms with Gasteiger partial charge in [-0.25, -0.2) is 12.8 Å². The van der Waals surface area contributed by atoms with Gasteiger partial charge in [0.1, 0.15) is 17.3 Å². The molecule has 0 aliphatic carbocycles. The molecule has 0 fully saturated rings. The lowest BCUT2D eigenvalue weighted by Gasteiger charge is -2.11. The summed E-state index contributed by atoms with van der Waals surface area (Å²) in [5.74, 6) is 0.277. The maximum atomic E-state index is 13.0. The van der Waals surface area contributed by atoms with Crippen molar-refractivity contribution in [3.05, 3.63) is 46.7 Å².